The van der Waals surface area contributed by atoms with Crippen molar-refractivity contribution in [2.45, 2.75) is 13.5 Å². The van der Waals surface area contributed by atoms with Gasteiger partial charge in [-0.1, -0.05) is 17.4 Å². The molecule has 0 spiro atoms. The molecule has 24 heavy (non-hydrogen) atoms. The highest BCUT2D eigenvalue weighted by Gasteiger charge is 2.16. The monoisotopic (exact) mass is 338 g/mol. The van der Waals surface area contributed by atoms with Crippen LogP contribution in [0.25, 0.3) is 10.8 Å². The third-order valence-electron chi connectivity index (χ3n) is 3.61. The largest absolute Gasteiger partial charge is 0.344 e. The second-order valence-electron chi connectivity index (χ2n) is 5.23. The summed E-state index contributed by atoms with van der Waals surface area (Å²) in [4.78, 5) is 17.5. The second kappa shape index (κ2) is 5.89. The second-order valence-corrected chi connectivity index (χ2v) is 6.21. The number of hydrogen-bond acceptors (Lipinski definition) is 5. The summed E-state index contributed by atoms with van der Waals surface area (Å²) in [5, 5.41) is 11.8. The van der Waals surface area contributed by atoms with Crippen LogP contribution in [0, 0.1) is 6.92 Å². The van der Waals surface area contributed by atoms with Gasteiger partial charge in [-0.25, -0.2) is 4.98 Å². The van der Waals surface area contributed by atoms with Gasteiger partial charge in [0.25, 0.3) is 5.91 Å². The third kappa shape index (κ3) is 2.56. The Morgan fingerprint density at radius 3 is 2.79 bits per heavy atom. The molecule has 0 atom stereocenters. The first kappa shape index (κ1) is 14.6. The average Bonchev–Trinajstić information content (AvgIpc) is 3.32. The molecule has 0 unspecified atom stereocenters. The van der Waals surface area contributed by atoms with Crippen LogP contribution in [0.4, 0.5) is 0 Å². The Morgan fingerprint density at radius 2 is 1.96 bits per heavy atom. The van der Waals surface area contributed by atoms with E-state index >= 15 is 0 Å². The predicted molar refractivity (Wildman–Crippen MR) is 90.3 cm³/mol. The number of aromatic nitrogens is 5. The Morgan fingerprint density at radius 1 is 1.17 bits per heavy atom. The van der Waals surface area contributed by atoms with Crippen molar-refractivity contribution in [2.75, 3.05) is 0 Å². The predicted octanol–water partition coefficient (Wildman–Crippen LogP) is 2.21. The van der Waals surface area contributed by atoms with Gasteiger partial charge < -0.3 is 9.88 Å². The smallest absolute Gasteiger partial charge is 0.263 e. The molecule has 7 nitrogen and oxygen atoms in total. The van der Waals surface area contributed by atoms with Gasteiger partial charge in [-0.2, -0.15) is 0 Å². The first-order chi connectivity index (χ1) is 11.7. The molecule has 0 radical (unpaired) electrons. The number of thiazole rings is 1. The highest BCUT2D eigenvalue weighted by molar-refractivity contribution is 7.16. The number of carbonyl (C=O) groups excluding carboxylic acids is 1. The van der Waals surface area contributed by atoms with Crippen LogP contribution in [-0.2, 0) is 6.54 Å². The van der Waals surface area contributed by atoms with E-state index in [0.29, 0.717) is 22.9 Å². The lowest BCUT2D eigenvalue weighted by molar-refractivity contribution is 0.0953. The summed E-state index contributed by atoms with van der Waals surface area (Å²) in [5.41, 5.74) is 1.47. The number of carbonyl (C=O) groups is 1. The molecule has 4 aromatic rings. The maximum atomic E-state index is 12.5. The van der Waals surface area contributed by atoms with Crippen molar-refractivity contribution < 1.29 is 4.79 Å². The minimum absolute atomic E-state index is 0.156. The minimum Gasteiger partial charge on any atom is -0.344 e. The summed E-state index contributed by atoms with van der Waals surface area (Å²) < 4.78 is 3.74. The highest BCUT2D eigenvalue weighted by Crippen LogP contribution is 2.21. The molecular weight excluding hydrogens is 324 g/mol. The summed E-state index contributed by atoms with van der Waals surface area (Å²) in [7, 11) is 0. The van der Waals surface area contributed by atoms with E-state index in [9.17, 15) is 4.79 Å². The minimum atomic E-state index is -0.156. The van der Waals surface area contributed by atoms with E-state index in [1.807, 2.05) is 64.8 Å². The van der Waals surface area contributed by atoms with E-state index < -0.39 is 0 Å². The van der Waals surface area contributed by atoms with Gasteiger partial charge in [0, 0.05) is 18.6 Å². The van der Waals surface area contributed by atoms with E-state index in [-0.39, 0.29) is 5.91 Å². The molecule has 0 bridgehead atoms. The molecule has 4 rings (SSSR count). The van der Waals surface area contributed by atoms with Crippen LogP contribution in [-0.4, -0.2) is 30.1 Å². The number of pyridine rings is 1. The molecule has 4 aromatic heterocycles. The molecule has 1 N–H and O–H groups in total. The SMILES string of the molecule is Cc1nc(-n2cccc2)sc1C(=O)NCc1nnc2ccccn12. The van der Waals surface area contributed by atoms with Gasteiger partial charge in [0.2, 0.25) is 0 Å². The molecule has 0 aromatic carbocycles. The maximum absolute atomic E-state index is 12.5. The number of fused-ring (bicyclic) bond motifs is 1. The van der Waals surface area contributed by atoms with Crippen LogP contribution >= 0.6 is 11.3 Å². The Labute approximate surface area is 141 Å². The fraction of sp³-hybridized carbons (Fsp3) is 0.125. The Bertz CT molecular complexity index is 1000. The molecular formula is C16H14N6OS. The van der Waals surface area contributed by atoms with Gasteiger partial charge in [0.15, 0.2) is 16.6 Å². The van der Waals surface area contributed by atoms with Crippen molar-refractivity contribution in [3.63, 3.8) is 0 Å². The van der Waals surface area contributed by atoms with Crippen molar-refractivity contribution in [3.8, 4) is 5.13 Å². The standard InChI is InChI=1S/C16H14N6OS/c1-11-14(24-16(18-11)21-7-4-5-8-21)15(23)17-10-13-20-19-12-6-2-3-9-22(12)13/h2-9H,10H2,1H3,(H,17,23). The van der Waals surface area contributed by atoms with Crippen LogP contribution in [0.3, 0.4) is 0 Å². The zero-order chi connectivity index (χ0) is 16.5. The number of amides is 1. The first-order valence-corrected chi connectivity index (χ1v) is 8.21. The Kier molecular flexibility index (Phi) is 3.58. The Balaban J connectivity index is 1.52. The van der Waals surface area contributed by atoms with Crippen LogP contribution in [0.5, 0.6) is 0 Å². The van der Waals surface area contributed by atoms with Crippen molar-refractivity contribution in [1.29, 1.82) is 0 Å². The van der Waals surface area contributed by atoms with Gasteiger partial charge >= 0.3 is 0 Å². The number of hydrogen-bond donors (Lipinski definition) is 1. The topological polar surface area (TPSA) is 77.1 Å². The van der Waals surface area contributed by atoms with E-state index in [1.54, 1.807) is 0 Å². The van der Waals surface area contributed by atoms with Crippen molar-refractivity contribution >= 4 is 22.9 Å². The molecule has 0 fully saturated rings. The molecule has 0 saturated heterocycles. The number of nitrogens with zero attached hydrogens (tertiary/aromatic N) is 5. The van der Waals surface area contributed by atoms with Gasteiger partial charge in [-0.15, -0.1) is 10.2 Å². The molecule has 0 saturated carbocycles. The molecule has 4 heterocycles. The van der Waals surface area contributed by atoms with E-state index in [2.05, 4.69) is 20.5 Å². The number of rotatable bonds is 4. The van der Waals surface area contributed by atoms with E-state index in [4.69, 9.17) is 0 Å². The maximum Gasteiger partial charge on any atom is 0.263 e. The number of aryl methyl sites for hydroxylation is 1. The Hall–Kier alpha value is -3.00. The number of nitrogens with one attached hydrogen (secondary N) is 1. The average molecular weight is 338 g/mol. The van der Waals surface area contributed by atoms with Crippen LogP contribution in [0.15, 0.2) is 48.9 Å². The quantitative estimate of drug-likeness (QED) is 0.619. The molecule has 8 heteroatoms. The lowest BCUT2D eigenvalue weighted by atomic mass is 10.3. The van der Waals surface area contributed by atoms with Gasteiger partial charge in [-0.05, 0) is 31.2 Å². The third-order valence-corrected chi connectivity index (χ3v) is 4.78. The zero-order valence-electron chi connectivity index (χ0n) is 12.9. The molecule has 0 aliphatic rings. The first-order valence-electron chi connectivity index (χ1n) is 7.40. The summed E-state index contributed by atoms with van der Waals surface area (Å²) in [6.07, 6.45) is 5.68. The van der Waals surface area contributed by atoms with Crippen LogP contribution in [0.2, 0.25) is 0 Å². The lowest BCUT2D eigenvalue weighted by Crippen LogP contribution is -2.23. The summed E-state index contributed by atoms with van der Waals surface area (Å²) in [5.74, 6) is 0.530. The molecule has 0 aliphatic heterocycles. The van der Waals surface area contributed by atoms with Gasteiger partial charge in [-0.3, -0.25) is 9.20 Å². The summed E-state index contributed by atoms with van der Waals surface area (Å²) in [6.45, 7) is 2.14. The van der Waals surface area contributed by atoms with E-state index in [0.717, 1.165) is 10.8 Å². The normalized spacial score (nSPS) is 11.0. The van der Waals surface area contributed by atoms with Crippen molar-refractivity contribution in [3.05, 3.63) is 65.3 Å². The molecule has 0 aliphatic carbocycles. The van der Waals surface area contributed by atoms with Gasteiger partial charge in [0.1, 0.15) is 4.88 Å². The van der Waals surface area contributed by atoms with Gasteiger partial charge in [0.05, 0.1) is 12.2 Å². The lowest BCUT2D eigenvalue weighted by Gasteiger charge is -2.02. The zero-order valence-corrected chi connectivity index (χ0v) is 13.7. The summed E-state index contributed by atoms with van der Waals surface area (Å²) in [6, 6.07) is 9.52. The fourth-order valence-electron chi connectivity index (χ4n) is 2.42. The van der Waals surface area contributed by atoms with Crippen molar-refractivity contribution in [1.82, 2.24) is 29.5 Å². The van der Waals surface area contributed by atoms with Crippen LogP contribution in [0.1, 0.15) is 21.2 Å². The molecule has 1 amide bonds. The van der Waals surface area contributed by atoms with E-state index in [1.165, 1.54) is 11.3 Å². The fourth-order valence-corrected chi connectivity index (χ4v) is 3.37. The highest BCUT2D eigenvalue weighted by atomic mass is 32.1. The summed E-state index contributed by atoms with van der Waals surface area (Å²) >= 11 is 1.36. The van der Waals surface area contributed by atoms with Crippen molar-refractivity contribution in [2.24, 2.45) is 0 Å². The molecule has 120 valence electrons. The van der Waals surface area contributed by atoms with Crippen LogP contribution < -0.4 is 5.32 Å².